The second-order valence-electron chi connectivity index (χ2n) is 2.87. The Morgan fingerprint density at radius 2 is 2.50 bits per heavy atom. The van der Waals surface area contributed by atoms with Crippen LogP contribution in [-0.2, 0) is 9.59 Å². The van der Waals surface area contributed by atoms with E-state index >= 15 is 0 Å². The minimum Gasteiger partial charge on any atom is -0.355 e. The first-order chi connectivity index (χ1) is 5.61. The smallest absolute Gasteiger partial charge is 0.241 e. The van der Waals surface area contributed by atoms with Crippen LogP contribution < -0.4 is 11.1 Å². The van der Waals surface area contributed by atoms with Gasteiger partial charge in [0.15, 0.2) is 0 Å². The number of hydrogen-bond acceptors (Lipinski definition) is 3. The molecule has 0 bridgehead atoms. The average Bonchev–Trinajstić information content (AvgIpc) is 2.02. The summed E-state index contributed by atoms with van der Waals surface area (Å²) in [5, 5.41) is 2.61. The summed E-state index contributed by atoms with van der Waals surface area (Å²) in [4.78, 5) is 23.0. The predicted octanol–water partition coefficient (Wildman–Crippen LogP) is -1.71. The Hall–Kier alpha value is -1.10. The highest BCUT2D eigenvalue weighted by Gasteiger charge is 2.32. The molecular formula is C7H13N3O2. The number of carbonyl (C=O) groups is 2. The Morgan fingerprint density at radius 1 is 1.83 bits per heavy atom. The zero-order valence-corrected chi connectivity index (χ0v) is 7.04. The molecule has 1 unspecified atom stereocenters. The van der Waals surface area contributed by atoms with Crippen molar-refractivity contribution >= 4 is 11.8 Å². The maximum absolute atomic E-state index is 10.9. The van der Waals surface area contributed by atoms with Gasteiger partial charge in [-0.05, 0) is 0 Å². The van der Waals surface area contributed by atoms with Crippen LogP contribution in [0.3, 0.4) is 0 Å². The van der Waals surface area contributed by atoms with Gasteiger partial charge in [0.2, 0.25) is 11.8 Å². The van der Waals surface area contributed by atoms with Gasteiger partial charge < -0.3 is 16.0 Å². The van der Waals surface area contributed by atoms with E-state index in [0.29, 0.717) is 19.6 Å². The fourth-order valence-electron chi connectivity index (χ4n) is 1.10. The molecule has 1 atom stereocenters. The van der Waals surface area contributed by atoms with Crippen LogP contribution >= 0.6 is 0 Å². The van der Waals surface area contributed by atoms with E-state index < -0.39 is 0 Å². The van der Waals surface area contributed by atoms with Crippen molar-refractivity contribution in [2.75, 3.05) is 19.6 Å². The summed E-state index contributed by atoms with van der Waals surface area (Å²) < 4.78 is 0. The van der Waals surface area contributed by atoms with Crippen LogP contribution in [0.5, 0.6) is 0 Å². The van der Waals surface area contributed by atoms with Gasteiger partial charge in [-0.25, -0.2) is 0 Å². The molecule has 1 saturated heterocycles. The minimum atomic E-state index is -0.317. The Morgan fingerprint density at radius 3 is 2.92 bits per heavy atom. The molecule has 0 aromatic rings. The summed E-state index contributed by atoms with van der Waals surface area (Å²) in [7, 11) is 0. The van der Waals surface area contributed by atoms with Crippen LogP contribution in [0, 0.1) is 0 Å². The van der Waals surface area contributed by atoms with Crippen molar-refractivity contribution in [3.8, 4) is 0 Å². The molecule has 5 nitrogen and oxygen atoms in total. The number of amides is 2. The van der Waals surface area contributed by atoms with Gasteiger partial charge in [-0.1, -0.05) is 0 Å². The largest absolute Gasteiger partial charge is 0.355 e. The van der Waals surface area contributed by atoms with E-state index in [0.717, 1.165) is 0 Å². The number of nitrogens with two attached hydrogens (primary N) is 1. The second-order valence-corrected chi connectivity index (χ2v) is 2.87. The third-order valence-electron chi connectivity index (χ3n) is 1.80. The molecular weight excluding hydrogens is 158 g/mol. The van der Waals surface area contributed by atoms with Crippen LogP contribution in [0.15, 0.2) is 0 Å². The molecule has 2 amide bonds. The number of nitrogens with one attached hydrogen (secondary N) is 1. The number of hydrogen-bond donors (Lipinski definition) is 2. The average molecular weight is 171 g/mol. The SMILES string of the molecule is CC(=O)NCCN1CC(N)C1=O. The summed E-state index contributed by atoms with van der Waals surface area (Å²) in [6, 6.07) is -0.317. The van der Waals surface area contributed by atoms with E-state index in [1.54, 1.807) is 4.90 Å². The third kappa shape index (κ3) is 1.94. The van der Waals surface area contributed by atoms with Crippen molar-refractivity contribution in [1.82, 2.24) is 10.2 Å². The summed E-state index contributed by atoms with van der Waals surface area (Å²) in [6.07, 6.45) is 0. The molecule has 1 heterocycles. The Kier molecular flexibility index (Phi) is 2.65. The lowest BCUT2D eigenvalue weighted by Crippen LogP contribution is -2.62. The van der Waals surface area contributed by atoms with Crippen LogP contribution in [0.1, 0.15) is 6.92 Å². The standard InChI is InChI=1S/C7H13N3O2/c1-5(11)9-2-3-10-4-6(8)7(10)12/h6H,2-4,8H2,1H3,(H,9,11). The monoisotopic (exact) mass is 171 g/mol. The molecule has 3 N–H and O–H groups in total. The van der Waals surface area contributed by atoms with Crippen LogP contribution in [0.25, 0.3) is 0 Å². The molecule has 1 fully saturated rings. The van der Waals surface area contributed by atoms with Gasteiger partial charge in [0, 0.05) is 26.6 Å². The van der Waals surface area contributed by atoms with Crippen molar-refractivity contribution < 1.29 is 9.59 Å². The molecule has 0 radical (unpaired) electrons. The lowest BCUT2D eigenvalue weighted by atomic mass is 10.1. The first-order valence-electron chi connectivity index (χ1n) is 3.90. The van der Waals surface area contributed by atoms with Gasteiger partial charge in [-0.15, -0.1) is 0 Å². The number of nitrogens with zero attached hydrogens (tertiary/aromatic N) is 1. The Labute approximate surface area is 70.9 Å². The topological polar surface area (TPSA) is 75.4 Å². The van der Waals surface area contributed by atoms with E-state index in [9.17, 15) is 9.59 Å². The van der Waals surface area contributed by atoms with Crippen LogP contribution in [-0.4, -0.2) is 42.4 Å². The molecule has 68 valence electrons. The maximum atomic E-state index is 10.9. The summed E-state index contributed by atoms with van der Waals surface area (Å²) in [6.45, 7) is 3.13. The molecule has 12 heavy (non-hydrogen) atoms. The van der Waals surface area contributed by atoms with E-state index in [1.807, 2.05) is 0 Å². The highest BCUT2D eigenvalue weighted by molar-refractivity contribution is 5.87. The quantitative estimate of drug-likeness (QED) is 0.496. The molecule has 5 heteroatoms. The molecule has 0 aromatic heterocycles. The van der Waals surface area contributed by atoms with Crippen molar-refractivity contribution in [2.24, 2.45) is 5.73 Å². The Bertz CT molecular complexity index is 205. The first-order valence-corrected chi connectivity index (χ1v) is 3.90. The van der Waals surface area contributed by atoms with E-state index in [4.69, 9.17) is 5.73 Å². The fraction of sp³-hybridized carbons (Fsp3) is 0.714. The number of β-lactam (4-membered cyclic amide) rings is 1. The first kappa shape index (κ1) is 8.99. The van der Waals surface area contributed by atoms with Gasteiger partial charge in [0.1, 0.15) is 6.04 Å². The lowest BCUT2D eigenvalue weighted by molar-refractivity contribution is -0.142. The molecule has 0 aromatic carbocycles. The van der Waals surface area contributed by atoms with Crippen molar-refractivity contribution in [1.29, 1.82) is 0 Å². The van der Waals surface area contributed by atoms with E-state index in [2.05, 4.69) is 5.32 Å². The zero-order chi connectivity index (χ0) is 9.14. The normalized spacial score (nSPS) is 22.0. The highest BCUT2D eigenvalue weighted by atomic mass is 16.2. The summed E-state index contributed by atoms with van der Waals surface area (Å²) in [5.41, 5.74) is 5.37. The number of rotatable bonds is 3. The summed E-state index contributed by atoms with van der Waals surface area (Å²) >= 11 is 0. The van der Waals surface area contributed by atoms with Gasteiger partial charge in [0.05, 0.1) is 0 Å². The van der Waals surface area contributed by atoms with Gasteiger partial charge >= 0.3 is 0 Å². The zero-order valence-electron chi connectivity index (χ0n) is 7.04. The fourth-order valence-corrected chi connectivity index (χ4v) is 1.10. The van der Waals surface area contributed by atoms with Crippen LogP contribution in [0.2, 0.25) is 0 Å². The van der Waals surface area contributed by atoms with Crippen molar-refractivity contribution in [3.63, 3.8) is 0 Å². The second kappa shape index (κ2) is 3.53. The number of carbonyl (C=O) groups excluding carboxylic acids is 2. The molecule has 0 saturated carbocycles. The molecule has 1 aliphatic heterocycles. The molecule has 0 aliphatic carbocycles. The molecule has 1 aliphatic rings. The van der Waals surface area contributed by atoms with Gasteiger partial charge in [-0.2, -0.15) is 0 Å². The molecule has 0 spiro atoms. The molecule has 1 rings (SSSR count). The van der Waals surface area contributed by atoms with Gasteiger partial charge in [-0.3, -0.25) is 9.59 Å². The van der Waals surface area contributed by atoms with E-state index in [1.165, 1.54) is 6.92 Å². The summed E-state index contributed by atoms with van der Waals surface area (Å²) in [5.74, 6) is -0.104. The third-order valence-corrected chi connectivity index (χ3v) is 1.80. The van der Waals surface area contributed by atoms with Crippen molar-refractivity contribution in [3.05, 3.63) is 0 Å². The highest BCUT2D eigenvalue weighted by Crippen LogP contribution is 2.05. The number of likely N-dealkylation sites (tertiary alicyclic amines) is 1. The maximum Gasteiger partial charge on any atom is 0.241 e. The Balaban J connectivity index is 2.10. The minimum absolute atomic E-state index is 0.0275. The van der Waals surface area contributed by atoms with Crippen molar-refractivity contribution in [2.45, 2.75) is 13.0 Å². The van der Waals surface area contributed by atoms with E-state index in [-0.39, 0.29) is 17.9 Å². The van der Waals surface area contributed by atoms with Crippen LogP contribution in [0.4, 0.5) is 0 Å². The predicted molar refractivity (Wildman–Crippen MR) is 43.2 cm³/mol. The van der Waals surface area contributed by atoms with Gasteiger partial charge in [0.25, 0.3) is 0 Å². The lowest BCUT2D eigenvalue weighted by Gasteiger charge is -2.36.